The van der Waals surface area contributed by atoms with Crippen molar-refractivity contribution in [1.82, 2.24) is 0 Å². The van der Waals surface area contributed by atoms with E-state index in [0.29, 0.717) is 0 Å². The lowest BCUT2D eigenvalue weighted by Gasteiger charge is -2.25. The molecule has 1 N–H and O–H groups in total. The Hall–Kier alpha value is -1.24. The minimum absolute atomic E-state index is 0.0872. The zero-order valence-corrected chi connectivity index (χ0v) is 9.52. The number of anilines is 1. The molecule has 1 heteroatoms. The first-order valence-corrected chi connectivity index (χ1v) is 4.94. The molecular formula is C13H19N. The molecule has 0 atom stereocenters. The van der Waals surface area contributed by atoms with E-state index >= 15 is 0 Å². The fourth-order valence-electron chi connectivity index (χ4n) is 1.41. The molecule has 1 rings (SSSR count). The van der Waals surface area contributed by atoms with Crippen LogP contribution in [0.1, 0.15) is 31.9 Å². The monoisotopic (exact) mass is 189 g/mol. The van der Waals surface area contributed by atoms with E-state index in [2.05, 4.69) is 57.8 Å². The highest BCUT2D eigenvalue weighted by Crippen LogP contribution is 2.24. The Morgan fingerprint density at radius 1 is 1.29 bits per heavy atom. The molecule has 0 heterocycles. The fourth-order valence-corrected chi connectivity index (χ4v) is 1.41. The van der Waals surface area contributed by atoms with Crippen LogP contribution in [0.2, 0.25) is 0 Å². The Morgan fingerprint density at radius 2 is 1.93 bits per heavy atom. The molecule has 0 radical (unpaired) electrons. The minimum Gasteiger partial charge on any atom is -0.380 e. The van der Waals surface area contributed by atoms with Crippen LogP contribution in [-0.4, -0.2) is 5.54 Å². The van der Waals surface area contributed by atoms with Crippen LogP contribution in [0.3, 0.4) is 0 Å². The SMILES string of the molecule is C=Cc1cccc(C)c1NC(C)(C)C. The molecule has 1 nitrogen and oxygen atoms in total. The van der Waals surface area contributed by atoms with Crippen LogP contribution >= 0.6 is 0 Å². The summed E-state index contributed by atoms with van der Waals surface area (Å²) in [5.41, 5.74) is 3.71. The van der Waals surface area contributed by atoms with Gasteiger partial charge in [-0.2, -0.15) is 0 Å². The summed E-state index contributed by atoms with van der Waals surface area (Å²) in [4.78, 5) is 0. The lowest BCUT2D eigenvalue weighted by atomic mass is 10.0. The van der Waals surface area contributed by atoms with Crippen LogP contribution in [0.25, 0.3) is 6.08 Å². The highest BCUT2D eigenvalue weighted by atomic mass is 15.0. The van der Waals surface area contributed by atoms with Gasteiger partial charge in [-0.3, -0.25) is 0 Å². The standard InChI is InChI=1S/C13H19N/c1-6-11-9-7-8-10(2)12(11)14-13(3,4)5/h6-9,14H,1H2,2-5H3. The molecule has 0 aliphatic rings. The van der Waals surface area contributed by atoms with Crippen LogP contribution < -0.4 is 5.32 Å². The molecule has 0 fully saturated rings. The van der Waals surface area contributed by atoms with Crippen molar-refractivity contribution in [2.75, 3.05) is 5.32 Å². The van der Waals surface area contributed by atoms with Gasteiger partial charge < -0.3 is 5.32 Å². The Morgan fingerprint density at radius 3 is 2.43 bits per heavy atom. The molecule has 0 saturated heterocycles. The molecule has 0 saturated carbocycles. The predicted octanol–water partition coefficient (Wildman–Crippen LogP) is 3.85. The van der Waals surface area contributed by atoms with Crippen LogP contribution in [0.4, 0.5) is 5.69 Å². The maximum absolute atomic E-state index is 3.82. The van der Waals surface area contributed by atoms with E-state index in [4.69, 9.17) is 0 Å². The van der Waals surface area contributed by atoms with Gasteiger partial charge in [0, 0.05) is 11.2 Å². The molecule has 0 aromatic heterocycles. The van der Waals surface area contributed by atoms with Gasteiger partial charge in [-0.1, -0.05) is 30.9 Å². The van der Waals surface area contributed by atoms with Gasteiger partial charge >= 0.3 is 0 Å². The van der Waals surface area contributed by atoms with E-state index in [-0.39, 0.29) is 5.54 Å². The molecule has 0 unspecified atom stereocenters. The molecule has 1 aromatic rings. The molecular weight excluding hydrogens is 170 g/mol. The molecule has 14 heavy (non-hydrogen) atoms. The fraction of sp³-hybridized carbons (Fsp3) is 0.385. The quantitative estimate of drug-likeness (QED) is 0.745. The first-order chi connectivity index (χ1) is 6.44. The van der Waals surface area contributed by atoms with Crippen molar-refractivity contribution in [1.29, 1.82) is 0 Å². The van der Waals surface area contributed by atoms with Gasteiger partial charge in [0.25, 0.3) is 0 Å². The first kappa shape index (κ1) is 10.8. The summed E-state index contributed by atoms with van der Waals surface area (Å²) in [6.07, 6.45) is 1.89. The number of hydrogen-bond acceptors (Lipinski definition) is 1. The maximum Gasteiger partial charge on any atom is 0.0447 e. The predicted molar refractivity (Wildman–Crippen MR) is 64.6 cm³/mol. The third kappa shape index (κ3) is 2.63. The van der Waals surface area contributed by atoms with Gasteiger partial charge in [-0.05, 0) is 38.8 Å². The highest BCUT2D eigenvalue weighted by molar-refractivity contribution is 5.69. The highest BCUT2D eigenvalue weighted by Gasteiger charge is 2.12. The van der Waals surface area contributed by atoms with Crippen LogP contribution in [0.15, 0.2) is 24.8 Å². The lowest BCUT2D eigenvalue weighted by molar-refractivity contribution is 0.633. The number of nitrogens with one attached hydrogen (secondary N) is 1. The normalized spacial score (nSPS) is 11.1. The van der Waals surface area contributed by atoms with Crippen LogP contribution in [-0.2, 0) is 0 Å². The van der Waals surface area contributed by atoms with E-state index in [1.54, 1.807) is 0 Å². The zero-order chi connectivity index (χ0) is 10.8. The summed E-state index contributed by atoms with van der Waals surface area (Å²) < 4.78 is 0. The van der Waals surface area contributed by atoms with Crippen molar-refractivity contribution >= 4 is 11.8 Å². The largest absolute Gasteiger partial charge is 0.380 e. The van der Waals surface area contributed by atoms with Gasteiger partial charge in [-0.15, -0.1) is 0 Å². The number of para-hydroxylation sites is 1. The summed E-state index contributed by atoms with van der Waals surface area (Å²) in [7, 11) is 0. The average molecular weight is 189 g/mol. The number of aryl methyl sites for hydroxylation is 1. The summed E-state index contributed by atoms with van der Waals surface area (Å²) in [5.74, 6) is 0. The van der Waals surface area contributed by atoms with Crippen molar-refractivity contribution in [2.24, 2.45) is 0 Å². The van der Waals surface area contributed by atoms with E-state index in [9.17, 15) is 0 Å². The van der Waals surface area contributed by atoms with Gasteiger partial charge in [0.1, 0.15) is 0 Å². The average Bonchev–Trinajstić information content (AvgIpc) is 2.06. The number of benzene rings is 1. The van der Waals surface area contributed by atoms with E-state index in [1.807, 2.05) is 6.08 Å². The van der Waals surface area contributed by atoms with Crippen molar-refractivity contribution in [3.05, 3.63) is 35.9 Å². The number of hydrogen-bond donors (Lipinski definition) is 1. The third-order valence-corrected chi connectivity index (χ3v) is 2.02. The molecule has 76 valence electrons. The smallest absolute Gasteiger partial charge is 0.0447 e. The van der Waals surface area contributed by atoms with E-state index < -0.39 is 0 Å². The first-order valence-electron chi connectivity index (χ1n) is 4.94. The molecule has 0 spiro atoms. The second-order valence-electron chi connectivity index (χ2n) is 4.62. The Balaban J connectivity index is 3.11. The lowest BCUT2D eigenvalue weighted by Crippen LogP contribution is -2.27. The third-order valence-electron chi connectivity index (χ3n) is 2.02. The Kier molecular flexibility index (Phi) is 3.00. The summed E-state index contributed by atoms with van der Waals surface area (Å²) in [5, 5.41) is 3.50. The van der Waals surface area contributed by atoms with Gasteiger partial charge in [0.15, 0.2) is 0 Å². The molecule has 0 amide bonds. The van der Waals surface area contributed by atoms with Crippen molar-refractivity contribution < 1.29 is 0 Å². The van der Waals surface area contributed by atoms with E-state index in [0.717, 1.165) is 0 Å². The minimum atomic E-state index is 0.0872. The molecule has 1 aromatic carbocycles. The Labute approximate surface area is 86.8 Å². The van der Waals surface area contributed by atoms with Crippen molar-refractivity contribution in [3.8, 4) is 0 Å². The van der Waals surface area contributed by atoms with Gasteiger partial charge in [0.2, 0.25) is 0 Å². The zero-order valence-electron chi connectivity index (χ0n) is 9.52. The molecule has 0 aliphatic heterocycles. The van der Waals surface area contributed by atoms with Crippen molar-refractivity contribution in [2.45, 2.75) is 33.2 Å². The summed E-state index contributed by atoms with van der Waals surface area (Å²) in [6, 6.07) is 6.25. The molecule has 0 bridgehead atoms. The summed E-state index contributed by atoms with van der Waals surface area (Å²) >= 11 is 0. The van der Waals surface area contributed by atoms with E-state index in [1.165, 1.54) is 16.8 Å². The van der Waals surface area contributed by atoms with Crippen LogP contribution in [0.5, 0.6) is 0 Å². The second kappa shape index (κ2) is 3.87. The second-order valence-corrected chi connectivity index (χ2v) is 4.62. The van der Waals surface area contributed by atoms with Gasteiger partial charge in [-0.25, -0.2) is 0 Å². The maximum atomic E-state index is 3.82. The number of rotatable bonds is 2. The Bertz CT molecular complexity index is 332. The topological polar surface area (TPSA) is 12.0 Å². The van der Waals surface area contributed by atoms with Gasteiger partial charge in [0.05, 0.1) is 0 Å². The van der Waals surface area contributed by atoms with Crippen molar-refractivity contribution in [3.63, 3.8) is 0 Å². The molecule has 0 aliphatic carbocycles. The van der Waals surface area contributed by atoms with Crippen LogP contribution in [0, 0.1) is 6.92 Å². The summed E-state index contributed by atoms with van der Waals surface area (Å²) in [6.45, 7) is 12.4.